The minimum atomic E-state index is -0.00469. The number of hydrogen-bond donors (Lipinski definition) is 2. The highest BCUT2D eigenvalue weighted by Gasteiger charge is 2.05. The summed E-state index contributed by atoms with van der Waals surface area (Å²) in [5, 5.41) is 3.72. The van der Waals surface area contributed by atoms with Gasteiger partial charge < -0.3 is 15.0 Å². The number of thioether (sulfide) groups is 1. The van der Waals surface area contributed by atoms with Crippen molar-refractivity contribution in [1.29, 1.82) is 0 Å². The van der Waals surface area contributed by atoms with Crippen molar-refractivity contribution in [3.63, 3.8) is 0 Å². The van der Waals surface area contributed by atoms with Crippen LogP contribution in [-0.4, -0.2) is 28.7 Å². The van der Waals surface area contributed by atoms with E-state index in [0.717, 1.165) is 28.7 Å². The molecule has 1 amide bonds. The maximum atomic E-state index is 11.8. The van der Waals surface area contributed by atoms with E-state index in [1.165, 1.54) is 0 Å². The molecule has 0 spiro atoms. The number of anilines is 1. The van der Waals surface area contributed by atoms with Gasteiger partial charge in [0.2, 0.25) is 5.91 Å². The van der Waals surface area contributed by atoms with Gasteiger partial charge in [-0.15, -0.1) is 0 Å². The summed E-state index contributed by atoms with van der Waals surface area (Å²) < 4.78 is 5.07. The molecule has 2 aromatic rings. The van der Waals surface area contributed by atoms with Crippen molar-refractivity contribution in [3.8, 4) is 5.75 Å². The normalized spacial score (nSPS) is 10.4. The maximum absolute atomic E-state index is 11.8. The van der Waals surface area contributed by atoms with Gasteiger partial charge in [-0.1, -0.05) is 18.7 Å². The molecule has 1 heterocycles. The fourth-order valence-corrected chi connectivity index (χ4v) is 2.54. The van der Waals surface area contributed by atoms with Crippen LogP contribution in [0.5, 0.6) is 5.75 Å². The van der Waals surface area contributed by atoms with Gasteiger partial charge in [0, 0.05) is 29.8 Å². The Kier molecular flexibility index (Phi) is 5.68. The van der Waals surface area contributed by atoms with Crippen LogP contribution in [0.2, 0.25) is 0 Å². The van der Waals surface area contributed by atoms with Crippen LogP contribution < -0.4 is 10.1 Å². The average molecular weight is 305 g/mol. The molecule has 0 saturated heterocycles. The Morgan fingerprint density at radius 1 is 1.38 bits per heavy atom. The molecule has 0 unspecified atom stereocenters. The largest absolute Gasteiger partial charge is 0.497 e. The minimum Gasteiger partial charge on any atom is -0.497 e. The van der Waals surface area contributed by atoms with E-state index in [1.807, 2.05) is 30.5 Å². The lowest BCUT2D eigenvalue weighted by molar-refractivity contribution is -0.115. The second-order valence-electron chi connectivity index (χ2n) is 4.44. The smallest absolute Gasteiger partial charge is 0.225 e. The second kappa shape index (κ2) is 7.73. The first-order valence-electron chi connectivity index (χ1n) is 6.82. The highest BCUT2D eigenvalue weighted by molar-refractivity contribution is 7.99. The molecule has 1 aromatic heterocycles. The first kappa shape index (κ1) is 15.4. The molecule has 21 heavy (non-hydrogen) atoms. The molecule has 0 bridgehead atoms. The number of rotatable bonds is 7. The third-order valence-electron chi connectivity index (χ3n) is 2.93. The Bertz CT molecular complexity index is 581. The van der Waals surface area contributed by atoms with Crippen LogP contribution >= 0.6 is 11.8 Å². The van der Waals surface area contributed by atoms with Crippen LogP contribution in [0, 0.1) is 0 Å². The highest BCUT2D eigenvalue weighted by Crippen LogP contribution is 2.17. The Balaban J connectivity index is 1.73. The molecule has 5 nitrogen and oxygen atoms in total. The van der Waals surface area contributed by atoms with Crippen LogP contribution in [0.25, 0.3) is 0 Å². The number of imidazole rings is 1. The number of hydrogen-bond acceptors (Lipinski definition) is 4. The van der Waals surface area contributed by atoms with Gasteiger partial charge in [0.15, 0.2) is 5.16 Å². The van der Waals surface area contributed by atoms with Crippen LogP contribution in [0.4, 0.5) is 5.69 Å². The number of amides is 1. The highest BCUT2D eigenvalue weighted by atomic mass is 32.2. The molecule has 1 aromatic carbocycles. The van der Waals surface area contributed by atoms with E-state index in [2.05, 4.69) is 22.2 Å². The van der Waals surface area contributed by atoms with Crippen LogP contribution in [-0.2, 0) is 11.2 Å². The summed E-state index contributed by atoms with van der Waals surface area (Å²) in [6.45, 7) is 2.07. The zero-order chi connectivity index (χ0) is 15.1. The number of nitrogens with one attached hydrogen (secondary N) is 2. The van der Waals surface area contributed by atoms with Gasteiger partial charge in [0.1, 0.15) is 5.75 Å². The van der Waals surface area contributed by atoms with Gasteiger partial charge in [-0.2, -0.15) is 0 Å². The van der Waals surface area contributed by atoms with Crippen LogP contribution in [0.1, 0.15) is 19.0 Å². The Labute approximate surface area is 128 Å². The standard InChI is InChI=1S/C15H19N3O2S/c1-3-11-10-16-15(18-11)21-9-8-14(19)17-12-4-6-13(20-2)7-5-12/h4-7,10H,3,8-9H2,1-2H3,(H,16,18)(H,17,19). The SMILES string of the molecule is CCc1cnc(SCCC(=O)Nc2ccc(OC)cc2)[nH]1. The second-order valence-corrected chi connectivity index (χ2v) is 5.53. The molecule has 0 aliphatic carbocycles. The van der Waals surface area contributed by atoms with Gasteiger partial charge in [-0.25, -0.2) is 4.98 Å². The molecule has 112 valence electrons. The van der Waals surface area contributed by atoms with Gasteiger partial charge in [-0.3, -0.25) is 4.79 Å². The molecular formula is C15H19N3O2S. The number of ether oxygens (including phenoxy) is 1. The topological polar surface area (TPSA) is 67.0 Å². The molecule has 0 aliphatic heterocycles. The maximum Gasteiger partial charge on any atom is 0.225 e. The van der Waals surface area contributed by atoms with Crippen molar-refractivity contribution in [1.82, 2.24) is 9.97 Å². The average Bonchev–Trinajstić information content (AvgIpc) is 2.96. The fourth-order valence-electron chi connectivity index (χ4n) is 1.73. The Morgan fingerprint density at radius 3 is 2.76 bits per heavy atom. The molecule has 0 saturated carbocycles. The van der Waals surface area contributed by atoms with Crippen LogP contribution in [0.3, 0.4) is 0 Å². The number of carbonyl (C=O) groups is 1. The van der Waals surface area contributed by atoms with E-state index >= 15 is 0 Å². The summed E-state index contributed by atoms with van der Waals surface area (Å²) in [7, 11) is 1.61. The monoisotopic (exact) mass is 305 g/mol. The zero-order valence-electron chi connectivity index (χ0n) is 12.2. The number of carbonyl (C=O) groups excluding carboxylic acids is 1. The zero-order valence-corrected chi connectivity index (χ0v) is 13.0. The summed E-state index contributed by atoms with van der Waals surface area (Å²) in [5.41, 5.74) is 1.89. The van der Waals surface area contributed by atoms with Crippen molar-refractivity contribution in [2.24, 2.45) is 0 Å². The van der Waals surface area contributed by atoms with E-state index in [9.17, 15) is 4.79 Å². The van der Waals surface area contributed by atoms with Crippen molar-refractivity contribution < 1.29 is 9.53 Å². The number of benzene rings is 1. The first-order chi connectivity index (χ1) is 10.2. The van der Waals surface area contributed by atoms with Gasteiger partial charge >= 0.3 is 0 Å². The third kappa shape index (κ3) is 4.82. The molecule has 0 radical (unpaired) electrons. The first-order valence-corrected chi connectivity index (χ1v) is 7.80. The predicted molar refractivity (Wildman–Crippen MR) is 84.9 cm³/mol. The van der Waals surface area contributed by atoms with Crippen molar-refractivity contribution >= 4 is 23.4 Å². The minimum absolute atomic E-state index is 0.00469. The summed E-state index contributed by atoms with van der Waals surface area (Å²) in [4.78, 5) is 19.3. The summed E-state index contributed by atoms with van der Waals surface area (Å²) in [5.74, 6) is 1.46. The molecule has 2 N–H and O–H groups in total. The lowest BCUT2D eigenvalue weighted by Crippen LogP contribution is -2.12. The van der Waals surface area contributed by atoms with E-state index in [0.29, 0.717) is 12.2 Å². The van der Waals surface area contributed by atoms with Crippen LogP contribution in [0.15, 0.2) is 35.6 Å². The number of H-pyrrole nitrogens is 1. The number of methoxy groups -OCH3 is 1. The fraction of sp³-hybridized carbons (Fsp3) is 0.333. The lowest BCUT2D eigenvalue weighted by atomic mass is 10.3. The van der Waals surface area contributed by atoms with Crippen molar-refractivity contribution in [2.45, 2.75) is 24.9 Å². The summed E-state index contributed by atoms with van der Waals surface area (Å²) >= 11 is 1.55. The van der Waals surface area contributed by atoms with E-state index < -0.39 is 0 Å². The molecule has 2 rings (SSSR count). The molecule has 0 fully saturated rings. The van der Waals surface area contributed by atoms with Crippen molar-refractivity contribution in [2.75, 3.05) is 18.2 Å². The molecular weight excluding hydrogens is 286 g/mol. The Morgan fingerprint density at radius 2 is 2.14 bits per heavy atom. The Hall–Kier alpha value is -1.95. The number of nitrogens with zero attached hydrogens (tertiary/aromatic N) is 1. The predicted octanol–water partition coefficient (Wildman–Crippen LogP) is 3.10. The van der Waals surface area contributed by atoms with Gasteiger partial charge in [0.05, 0.1) is 7.11 Å². The number of aromatic nitrogens is 2. The lowest BCUT2D eigenvalue weighted by Gasteiger charge is -2.05. The number of aromatic amines is 1. The summed E-state index contributed by atoms with van der Waals surface area (Å²) in [6.07, 6.45) is 3.21. The van der Waals surface area contributed by atoms with E-state index in [1.54, 1.807) is 18.9 Å². The van der Waals surface area contributed by atoms with Gasteiger partial charge in [0.25, 0.3) is 0 Å². The quantitative estimate of drug-likeness (QED) is 0.771. The van der Waals surface area contributed by atoms with E-state index in [4.69, 9.17) is 4.74 Å². The molecule has 6 heteroatoms. The molecule has 0 atom stereocenters. The van der Waals surface area contributed by atoms with Gasteiger partial charge in [-0.05, 0) is 30.7 Å². The van der Waals surface area contributed by atoms with E-state index in [-0.39, 0.29) is 5.91 Å². The number of aryl methyl sites for hydroxylation is 1. The third-order valence-corrected chi connectivity index (χ3v) is 3.82. The summed E-state index contributed by atoms with van der Waals surface area (Å²) in [6, 6.07) is 7.28. The van der Waals surface area contributed by atoms with Crippen molar-refractivity contribution in [3.05, 3.63) is 36.2 Å². The molecule has 0 aliphatic rings.